The van der Waals surface area contributed by atoms with Crippen molar-refractivity contribution in [2.75, 3.05) is 12.4 Å². The third-order valence-corrected chi connectivity index (χ3v) is 4.99. The number of benzene rings is 3. The van der Waals surface area contributed by atoms with E-state index in [-0.39, 0.29) is 5.75 Å². The monoisotopic (exact) mass is 437 g/mol. The SMILES string of the molecule is CC.CC.CCC(C)CC.CNc1cccc2cc(C)c(N=Nc3ccccc3)c(O)c12. The number of hydrogen-bond acceptors (Lipinski definition) is 4. The van der Waals surface area contributed by atoms with Crippen molar-refractivity contribution in [1.82, 2.24) is 0 Å². The zero-order valence-electron chi connectivity index (χ0n) is 21.5. The van der Waals surface area contributed by atoms with E-state index >= 15 is 0 Å². The molecule has 0 unspecified atom stereocenters. The highest BCUT2D eigenvalue weighted by Gasteiger charge is 2.12. The molecule has 0 aliphatic carbocycles. The van der Waals surface area contributed by atoms with Crippen LogP contribution in [0.15, 0.2) is 64.8 Å². The van der Waals surface area contributed by atoms with Gasteiger partial charge in [0.2, 0.25) is 0 Å². The van der Waals surface area contributed by atoms with Gasteiger partial charge in [0.1, 0.15) is 5.69 Å². The molecule has 4 heteroatoms. The van der Waals surface area contributed by atoms with E-state index in [1.54, 1.807) is 0 Å². The zero-order valence-corrected chi connectivity index (χ0v) is 21.5. The second kappa shape index (κ2) is 16.8. The van der Waals surface area contributed by atoms with Crippen LogP contribution in [0.2, 0.25) is 0 Å². The summed E-state index contributed by atoms with van der Waals surface area (Å²) in [6.07, 6.45) is 2.66. The average molecular weight is 438 g/mol. The molecule has 0 amide bonds. The molecule has 0 saturated heterocycles. The fraction of sp³-hybridized carbons (Fsp3) is 0.429. The highest BCUT2D eigenvalue weighted by atomic mass is 16.3. The normalized spacial score (nSPS) is 9.94. The van der Waals surface area contributed by atoms with E-state index in [4.69, 9.17) is 0 Å². The largest absolute Gasteiger partial charge is 0.505 e. The summed E-state index contributed by atoms with van der Waals surface area (Å²) < 4.78 is 0. The molecule has 0 atom stereocenters. The lowest BCUT2D eigenvalue weighted by molar-refractivity contribution is 0.482. The molecule has 0 bridgehead atoms. The smallest absolute Gasteiger partial charge is 0.153 e. The van der Waals surface area contributed by atoms with Crippen LogP contribution in [-0.4, -0.2) is 12.2 Å². The molecule has 4 nitrogen and oxygen atoms in total. The number of hydrogen-bond donors (Lipinski definition) is 2. The van der Waals surface area contributed by atoms with Gasteiger partial charge >= 0.3 is 0 Å². The number of fused-ring (bicyclic) bond motifs is 1. The van der Waals surface area contributed by atoms with E-state index in [2.05, 4.69) is 36.3 Å². The fourth-order valence-electron chi connectivity index (χ4n) is 2.79. The Labute approximate surface area is 195 Å². The van der Waals surface area contributed by atoms with E-state index in [1.807, 2.05) is 96.3 Å². The Hall–Kier alpha value is -2.88. The van der Waals surface area contributed by atoms with Crippen molar-refractivity contribution in [2.24, 2.45) is 16.1 Å². The molecule has 0 fully saturated rings. The van der Waals surface area contributed by atoms with Gasteiger partial charge in [0.05, 0.1) is 5.69 Å². The topological polar surface area (TPSA) is 57.0 Å². The second-order valence-electron chi connectivity index (χ2n) is 7.00. The van der Waals surface area contributed by atoms with Gasteiger partial charge in [0.15, 0.2) is 5.75 Å². The predicted octanol–water partition coefficient (Wildman–Crippen LogP) is 9.81. The molecule has 0 spiro atoms. The van der Waals surface area contributed by atoms with Crippen molar-refractivity contribution < 1.29 is 5.11 Å². The molecule has 0 saturated carbocycles. The number of azo groups is 1. The van der Waals surface area contributed by atoms with Gasteiger partial charge in [0.25, 0.3) is 0 Å². The standard InChI is InChI=1S/C18H17N3O.C6H14.2C2H6/c1-12-11-13-7-6-10-15(19-2)16(13)18(22)17(12)21-20-14-8-4-3-5-9-14;1-4-6(3)5-2;2*1-2/h3-11,19,22H,1-2H3;6H,4-5H2,1-3H3;2*1-2H3. The van der Waals surface area contributed by atoms with E-state index in [1.165, 1.54) is 12.8 Å². The minimum absolute atomic E-state index is 0.152. The number of rotatable bonds is 5. The number of nitrogens with zero attached hydrogens (tertiary/aromatic N) is 2. The third-order valence-electron chi connectivity index (χ3n) is 4.99. The highest BCUT2D eigenvalue weighted by molar-refractivity contribution is 6.02. The van der Waals surface area contributed by atoms with Gasteiger partial charge in [-0.2, -0.15) is 5.11 Å². The molecule has 2 N–H and O–H groups in total. The van der Waals surface area contributed by atoms with Crippen LogP contribution in [0, 0.1) is 12.8 Å². The molecule has 0 aliphatic heterocycles. The minimum atomic E-state index is 0.152. The summed E-state index contributed by atoms with van der Waals surface area (Å²) in [5.74, 6) is 1.09. The molecule has 0 radical (unpaired) electrons. The Morgan fingerprint density at radius 2 is 1.47 bits per heavy atom. The molecular weight excluding hydrogens is 394 g/mol. The Kier molecular flexibility index (Phi) is 15.3. The maximum Gasteiger partial charge on any atom is 0.153 e. The molecule has 3 aromatic rings. The van der Waals surface area contributed by atoms with Gasteiger partial charge in [-0.3, -0.25) is 0 Å². The van der Waals surface area contributed by atoms with Crippen molar-refractivity contribution in [3.8, 4) is 5.75 Å². The maximum atomic E-state index is 10.6. The molecule has 0 aromatic heterocycles. The first-order valence-electron chi connectivity index (χ1n) is 11.9. The van der Waals surface area contributed by atoms with Crippen molar-refractivity contribution in [1.29, 1.82) is 0 Å². The summed E-state index contributed by atoms with van der Waals surface area (Å²) in [6.45, 7) is 16.7. The summed E-state index contributed by atoms with van der Waals surface area (Å²) in [5.41, 5.74) is 3.01. The van der Waals surface area contributed by atoms with Gasteiger partial charge in [-0.15, -0.1) is 5.11 Å². The average Bonchev–Trinajstić information content (AvgIpc) is 2.86. The lowest BCUT2D eigenvalue weighted by atomic mass is 10.0. The minimum Gasteiger partial charge on any atom is -0.505 e. The Bertz CT molecular complexity index is 917. The molecule has 0 heterocycles. The number of phenolic OH excluding ortho intramolecular Hbond substituents is 1. The first-order chi connectivity index (χ1) is 15.5. The molecule has 32 heavy (non-hydrogen) atoms. The molecule has 0 aliphatic rings. The van der Waals surface area contributed by atoms with Crippen LogP contribution in [0.5, 0.6) is 5.75 Å². The highest BCUT2D eigenvalue weighted by Crippen LogP contribution is 2.41. The van der Waals surface area contributed by atoms with Crippen LogP contribution in [0.25, 0.3) is 10.8 Å². The third kappa shape index (κ3) is 8.70. The summed E-state index contributed by atoms with van der Waals surface area (Å²) >= 11 is 0. The van der Waals surface area contributed by atoms with Gasteiger partial charge in [-0.1, -0.05) is 91.6 Å². The number of aryl methyl sites for hydroxylation is 1. The molecule has 3 aromatic carbocycles. The van der Waals surface area contributed by atoms with Crippen LogP contribution < -0.4 is 5.32 Å². The Balaban J connectivity index is 0.000000824. The maximum absolute atomic E-state index is 10.6. The Morgan fingerprint density at radius 3 is 1.97 bits per heavy atom. The number of nitrogens with one attached hydrogen (secondary N) is 1. The quantitative estimate of drug-likeness (QED) is 0.390. The van der Waals surface area contributed by atoms with Crippen LogP contribution >= 0.6 is 0 Å². The number of phenols is 1. The van der Waals surface area contributed by atoms with Gasteiger partial charge in [-0.05, 0) is 48.1 Å². The van der Waals surface area contributed by atoms with Crippen LogP contribution in [0.1, 0.15) is 66.9 Å². The Morgan fingerprint density at radius 1 is 0.875 bits per heavy atom. The van der Waals surface area contributed by atoms with E-state index in [9.17, 15) is 5.11 Å². The molecular formula is C28H43N3O. The van der Waals surface area contributed by atoms with Crippen molar-refractivity contribution in [2.45, 2.75) is 68.2 Å². The number of anilines is 1. The fourth-order valence-corrected chi connectivity index (χ4v) is 2.79. The first kappa shape index (κ1) is 29.1. The first-order valence-corrected chi connectivity index (χ1v) is 11.9. The summed E-state index contributed by atoms with van der Waals surface area (Å²) in [7, 11) is 1.83. The molecule has 176 valence electrons. The van der Waals surface area contributed by atoms with Crippen molar-refractivity contribution >= 4 is 27.8 Å². The van der Waals surface area contributed by atoms with E-state index in [0.717, 1.165) is 33.6 Å². The van der Waals surface area contributed by atoms with Crippen molar-refractivity contribution in [3.63, 3.8) is 0 Å². The van der Waals surface area contributed by atoms with Gasteiger partial charge in [-0.25, -0.2) is 0 Å². The zero-order chi connectivity index (χ0) is 24.5. The van der Waals surface area contributed by atoms with Gasteiger partial charge in [0, 0.05) is 18.1 Å². The predicted molar refractivity (Wildman–Crippen MR) is 143 cm³/mol. The van der Waals surface area contributed by atoms with Crippen LogP contribution in [0.4, 0.5) is 17.1 Å². The lowest BCUT2D eigenvalue weighted by Gasteiger charge is -2.11. The van der Waals surface area contributed by atoms with Crippen LogP contribution in [-0.2, 0) is 0 Å². The number of aromatic hydroxyl groups is 1. The summed E-state index contributed by atoms with van der Waals surface area (Å²) in [6, 6.07) is 17.3. The molecule has 3 rings (SSSR count). The summed E-state index contributed by atoms with van der Waals surface area (Å²) in [4.78, 5) is 0. The summed E-state index contributed by atoms with van der Waals surface area (Å²) in [5, 5.41) is 23.9. The van der Waals surface area contributed by atoms with E-state index < -0.39 is 0 Å². The lowest BCUT2D eigenvalue weighted by Crippen LogP contribution is -1.90. The van der Waals surface area contributed by atoms with Crippen molar-refractivity contribution in [3.05, 3.63) is 60.2 Å². The van der Waals surface area contributed by atoms with Crippen LogP contribution in [0.3, 0.4) is 0 Å². The van der Waals surface area contributed by atoms with Gasteiger partial charge < -0.3 is 10.4 Å². The van der Waals surface area contributed by atoms with E-state index in [0.29, 0.717) is 5.69 Å². The second-order valence-corrected chi connectivity index (χ2v) is 7.00.